The number of non-ortho nitro benzene ring substituents is 1. The summed E-state index contributed by atoms with van der Waals surface area (Å²) in [6, 6.07) is 17.4. The average Bonchev–Trinajstić information content (AvgIpc) is 3.52. The summed E-state index contributed by atoms with van der Waals surface area (Å²) in [6.45, 7) is 2.61. The lowest BCUT2D eigenvalue weighted by Gasteiger charge is -2.37. The van der Waals surface area contributed by atoms with Crippen LogP contribution in [0.2, 0.25) is 0 Å². The van der Waals surface area contributed by atoms with E-state index in [2.05, 4.69) is 10.2 Å². The molecular weight excluding hydrogens is 461 g/mol. The Balaban J connectivity index is 1.59. The summed E-state index contributed by atoms with van der Waals surface area (Å²) in [5, 5.41) is 14.3. The number of benzene rings is 3. The number of ketones is 1. The molecule has 1 N–H and O–H groups in total. The van der Waals surface area contributed by atoms with Crippen molar-refractivity contribution < 1.29 is 18.9 Å². The topological polar surface area (TPSA) is 92.5 Å². The van der Waals surface area contributed by atoms with Crippen LogP contribution in [0.5, 0.6) is 0 Å². The van der Waals surface area contributed by atoms with Crippen molar-refractivity contribution in [2.75, 3.05) is 11.9 Å². The molecule has 2 saturated heterocycles. The number of rotatable bonds is 4. The van der Waals surface area contributed by atoms with Gasteiger partial charge in [0.25, 0.3) is 5.69 Å². The Morgan fingerprint density at radius 2 is 1.83 bits per heavy atom. The first-order chi connectivity index (χ1) is 17.3. The number of nitro groups is 1. The first kappa shape index (κ1) is 22.5. The van der Waals surface area contributed by atoms with Crippen molar-refractivity contribution in [1.29, 1.82) is 0 Å². The molecule has 3 aromatic rings. The smallest absolute Gasteiger partial charge is 0.269 e. The van der Waals surface area contributed by atoms with Gasteiger partial charge in [0.15, 0.2) is 5.78 Å². The van der Waals surface area contributed by atoms with E-state index < -0.39 is 22.2 Å². The lowest BCUT2D eigenvalue weighted by atomic mass is 9.68. The average molecular weight is 486 g/mol. The molecule has 4 atom stereocenters. The molecule has 3 heterocycles. The molecule has 3 aliphatic heterocycles. The van der Waals surface area contributed by atoms with E-state index in [0.717, 1.165) is 29.5 Å². The van der Waals surface area contributed by atoms with Crippen LogP contribution in [-0.2, 0) is 10.3 Å². The van der Waals surface area contributed by atoms with E-state index in [0.29, 0.717) is 17.8 Å². The van der Waals surface area contributed by atoms with Crippen molar-refractivity contribution in [3.63, 3.8) is 0 Å². The fraction of sp³-hybridized carbons (Fsp3) is 0.286. The molecule has 3 aliphatic rings. The number of nitrogens with one attached hydrogen (secondary N) is 1. The van der Waals surface area contributed by atoms with Gasteiger partial charge in [-0.1, -0.05) is 29.8 Å². The summed E-state index contributed by atoms with van der Waals surface area (Å²) in [5.74, 6) is -2.09. The lowest BCUT2D eigenvalue weighted by Crippen LogP contribution is -2.52. The second-order valence-electron chi connectivity index (χ2n) is 9.90. The predicted molar refractivity (Wildman–Crippen MR) is 131 cm³/mol. The minimum Gasteiger partial charge on any atom is -0.324 e. The zero-order valence-corrected chi connectivity index (χ0v) is 19.6. The van der Waals surface area contributed by atoms with Gasteiger partial charge in [-0.3, -0.25) is 24.6 Å². The molecule has 7 nitrogen and oxygen atoms in total. The standard InChI is InChI=1S/C28H24FN3O4/c1-16-4-13-22-21(15-16)28(27(34)30-22)25(26(33)18-5-9-19(29)10-6-18)24(23-3-2-14-31(23)28)17-7-11-20(12-8-17)32(35)36/h4-13,15,23-25H,2-3,14H2,1H3,(H,30,34)/t23?,24?,25?,28-/m1/s1. The maximum atomic E-state index is 14.3. The van der Waals surface area contributed by atoms with Crippen LogP contribution in [-0.4, -0.2) is 34.1 Å². The van der Waals surface area contributed by atoms with Crippen LogP contribution >= 0.6 is 0 Å². The van der Waals surface area contributed by atoms with Crippen LogP contribution in [0, 0.1) is 28.8 Å². The summed E-state index contributed by atoms with van der Waals surface area (Å²) in [5.41, 5.74) is 2.32. The Labute approximate surface area is 207 Å². The normalized spacial score (nSPS) is 26.6. The zero-order chi connectivity index (χ0) is 25.2. The second kappa shape index (κ2) is 8.06. The summed E-state index contributed by atoms with van der Waals surface area (Å²) >= 11 is 0. The molecule has 0 aliphatic carbocycles. The fourth-order valence-corrected chi connectivity index (χ4v) is 6.66. The molecule has 1 spiro atoms. The van der Waals surface area contributed by atoms with Crippen LogP contribution in [0.4, 0.5) is 15.8 Å². The number of carbonyl (C=O) groups excluding carboxylic acids is 2. The zero-order valence-electron chi connectivity index (χ0n) is 19.6. The number of nitrogens with zero attached hydrogens (tertiary/aromatic N) is 2. The van der Waals surface area contributed by atoms with Crippen molar-refractivity contribution in [2.45, 2.75) is 37.3 Å². The Hall–Kier alpha value is -3.91. The van der Waals surface area contributed by atoms with Gasteiger partial charge in [-0.2, -0.15) is 0 Å². The molecule has 3 aromatic carbocycles. The number of anilines is 1. The largest absolute Gasteiger partial charge is 0.324 e. The van der Waals surface area contributed by atoms with E-state index in [4.69, 9.17) is 0 Å². The maximum Gasteiger partial charge on any atom is 0.269 e. The minimum atomic E-state index is -1.22. The van der Waals surface area contributed by atoms with Crippen LogP contribution in [0.15, 0.2) is 66.7 Å². The number of amides is 1. The van der Waals surface area contributed by atoms with Crippen LogP contribution in [0.25, 0.3) is 0 Å². The molecular formula is C28H24FN3O4. The third kappa shape index (κ3) is 3.07. The quantitative estimate of drug-likeness (QED) is 0.321. The van der Waals surface area contributed by atoms with Gasteiger partial charge >= 0.3 is 0 Å². The molecule has 0 bridgehead atoms. The Kier molecular flexibility index (Phi) is 5.05. The first-order valence-electron chi connectivity index (χ1n) is 12.1. The Bertz CT molecular complexity index is 1410. The van der Waals surface area contributed by atoms with Gasteiger partial charge in [0.2, 0.25) is 5.91 Å². The van der Waals surface area contributed by atoms with Crippen LogP contribution < -0.4 is 5.32 Å². The van der Waals surface area contributed by atoms with E-state index in [9.17, 15) is 24.1 Å². The number of Topliss-reactive ketones (excluding diaryl/α,β-unsaturated/α-hetero) is 1. The van der Waals surface area contributed by atoms with E-state index in [1.54, 1.807) is 12.1 Å². The van der Waals surface area contributed by atoms with Crippen molar-refractivity contribution >= 4 is 23.1 Å². The lowest BCUT2D eigenvalue weighted by molar-refractivity contribution is -0.384. The number of carbonyl (C=O) groups is 2. The highest BCUT2D eigenvalue weighted by Gasteiger charge is 2.69. The third-order valence-corrected chi connectivity index (χ3v) is 8.06. The van der Waals surface area contributed by atoms with Crippen molar-refractivity contribution in [2.24, 2.45) is 5.92 Å². The number of hydrogen-bond acceptors (Lipinski definition) is 5. The molecule has 1 amide bonds. The summed E-state index contributed by atoms with van der Waals surface area (Å²) < 4.78 is 13.7. The monoisotopic (exact) mass is 485 g/mol. The summed E-state index contributed by atoms with van der Waals surface area (Å²) in [4.78, 5) is 41.3. The summed E-state index contributed by atoms with van der Waals surface area (Å²) in [6.07, 6.45) is 1.67. The first-order valence-corrected chi connectivity index (χ1v) is 12.1. The number of nitro benzene ring substituents is 1. The third-order valence-electron chi connectivity index (χ3n) is 8.06. The molecule has 0 aromatic heterocycles. The van der Waals surface area contributed by atoms with Crippen molar-refractivity contribution in [3.05, 3.63) is 105 Å². The van der Waals surface area contributed by atoms with Crippen molar-refractivity contribution in [1.82, 2.24) is 4.90 Å². The van der Waals surface area contributed by atoms with Gasteiger partial charge in [-0.25, -0.2) is 4.39 Å². The molecule has 36 heavy (non-hydrogen) atoms. The SMILES string of the molecule is Cc1ccc2c(c1)[C@]1(C(=O)N2)C(C(=O)c2ccc(F)cc2)C(c2ccc([N+](=O)[O-])cc2)C2CCCN21. The minimum absolute atomic E-state index is 0.0317. The highest BCUT2D eigenvalue weighted by atomic mass is 19.1. The van der Waals surface area contributed by atoms with Gasteiger partial charge in [-0.15, -0.1) is 0 Å². The number of hydrogen-bond donors (Lipinski definition) is 1. The highest BCUT2D eigenvalue weighted by molar-refractivity contribution is 6.12. The van der Waals surface area contributed by atoms with Crippen LogP contribution in [0.1, 0.15) is 45.8 Å². The predicted octanol–water partition coefficient (Wildman–Crippen LogP) is 4.95. The Morgan fingerprint density at radius 1 is 1.11 bits per heavy atom. The van der Waals surface area contributed by atoms with Crippen LogP contribution in [0.3, 0.4) is 0 Å². The highest BCUT2D eigenvalue weighted by Crippen LogP contribution is 2.61. The maximum absolute atomic E-state index is 14.3. The number of halogens is 1. The second-order valence-corrected chi connectivity index (χ2v) is 9.90. The summed E-state index contributed by atoms with van der Waals surface area (Å²) in [7, 11) is 0. The number of aryl methyl sites for hydroxylation is 1. The molecule has 0 saturated carbocycles. The van der Waals surface area contributed by atoms with Gasteiger partial charge in [0, 0.05) is 40.9 Å². The van der Waals surface area contributed by atoms with E-state index >= 15 is 0 Å². The molecule has 3 unspecified atom stereocenters. The number of fused-ring (bicyclic) bond motifs is 4. The van der Waals surface area contributed by atoms with Gasteiger partial charge in [0.1, 0.15) is 11.4 Å². The van der Waals surface area contributed by atoms with E-state index in [1.807, 2.05) is 25.1 Å². The molecule has 8 heteroatoms. The van der Waals surface area contributed by atoms with E-state index in [-0.39, 0.29) is 29.3 Å². The van der Waals surface area contributed by atoms with Gasteiger partial charge < -0.3 is 5.32 Å². The van der Waals surface area contributed by atoms with Gasteiger partial charge in [-0.05, 0) is 62.2 Å². The fourth-order valence-electron chi connectivity index (χ4n) is 6.66. The molecule has 6 rings (SSSR count). The van der Waals surface area contributed by atoms with E-state index in [1.165, 1.54) is 36.4 Å². The molecule has 182 valence electrons. The van der Waals surface area contributed by atoms with Gasteiger partial charge in [0.05, 0.1) is 10.8 Å². The Morgan fingerprint density at radius 3 is 2.53 bits per heavy atom. The molecule has 0 radical (unpaired) electrons. The van der Waals surface area contributed by atoms with Crippen molar-refractivity contribution in [3.8, 4) is 0 Å². The molecule has 2 fully saturated rings.